The summed E-state index contributed by atoms with van der Waals surface area (Å²) in [7, 11) is 1.75. The van der Waals surface area contributed by atoms with Crippen molar-refractivity contribution in [3.63, 3.8) is 0 Å². The maximum atomic E-state index is 12.2. The van der Waals surface area contributed by atoms with E-state index in [0.29, 0.717) is 18.2 Å². The average molecular weight is 262 g/mol. The Labute approximate surface area is 114 Å². The van der Waals surface area contributed by atoms with Crippen LogP contribution >= 0.6 is 0 Å². The van der Waals surface area contributed by atoms with Gasteiger partial charge in [-0.15, -0.1) is 0 Å². The summed E-state index contributed by atoms with van der Waals surface area (Å²) in [4.78, 5) is 13.8. The number of nitrogens with one attached hydrogen (secondary N) is 1. The van der Waals surface area contributed by atoms with Crippen molar-refractivity contribution in [2.45, 2.75) is 31.4 Å². The van der Waals surface area contributed by atoms with Crippen LogP contribution in [0.25, 0.3) is 0 Å². The van der Waals surface area contributed by atoms with Crippen molar-refractivity contribution in [1.82, 2.24) is 10.2 Å². The van der Waals surface area contributed by atoms with Crippen molar-refractivity contribution < 1.29 is 9.90 Å². The largest absolute Gasteiger partial charge is 0.378 e. The summed E-state index contributed by atoms with van der Waals surface area (Å²) in [5.74, 6) is -0.237. The summed E-state index contributed by atoms with van der Waals surface area (Å²) in [5, 5.41) is 13.5. The van der Waals surface area contributed by atoms with Gasteiger partial charge in [0.15, 0.2) is 6.10 Å². The van der Waals surface area contributed by atoms with Crippen molar-refractivity contribution >= 4 is 5.91 Å². The van der Waals surface area contributed by atoms with Crippen LogP contribution in [-0.2, 0) is 4.79 Å². The number of aliphatic hydroxyl groups is 1. The molecular formula is C15H22N2O2. The Bertz CT molecular complexity index is 402. The molecule has 0 radical (unpaired) electrons. The number of carbonyl (C=O) groups is 1. The molecule has 0 aromatic heterocycles. The molecule has 2 atom stereocenters. The minimum atomic E-state index is -1.06. The Morgan fingerprint density at radius 3 is 2.79 bits per heavy atom. The van der Waals surface area contributed by atoms with Gasteiger partial charge in [-0.3, -0.25) is 4.79 Å². The Hall–Kier alpha value is -1.39. The van der Waals surface area contributed by atoms with Crippen molar-refractivity contribution in [3.8, 4) is 0 Å². The number of piperidine rings is 1. The minimum absolute atomic E-state index is 0.237. The van der Waals surface area contributed by atoms with E-state index in [1.54, 1.807) is 24.1 Å². The van der Waals surface area contributed by atoms with Gasteiger partial charge in [0.05, 0.1) is 0 Å². The second-order valence-corrected chi connectivity index (χ2v) is 5.18. The summed E-state index contributed by atoms with van der Waals surface area (Å²) < 4.78 is 0. The third kappa shape index (κ3) is 3.78. The second-order valence-electron chi connectivity index (χ2n) is 5.18. The van der Waals surface area contributed by atoms with E-state index in [9.17, 15) is 9.90 Å². The first-order chi connectivity index (χ1) is 9.18. The van der Waals surface area contributed by atoms with Gasteiger partial charge in [0, 0.05) is 19.6 Å². The third-order valence-electron chi connectivity index (χ3n) is 3.63. The molecule has 2 unspecified atom stereocenters. The molecule has 1 saturated heterocycles. The smallest absolute Gasteiger partial charge is 0.255 e. The fourth-order valence-corrected chi connectivity index (χ4v) is 2.49. The highest BCUT2D eigenvalue weighted by atomic mass is 16.3. The number of rotatable bonds is 4. The molecule has 1 amide bonds. The molecule has 1 aliphatic rings. The Morgan fingerprint density at radius 2 is 2.16 bits per heavy atom. The van der Waals surface area contributed by atoms with Gasteiger partial charge in [0.25, 0.3) is 5.91 Å². The van der Waals surface area contributed by atoms with E-state index in [4.69, 9.17) is 0 Å². The number of hydrogen-bond acceptors (Lipinski definition) is 3. The number of aliphatic hydroxyl groups excluding tert-OH is 1. The molecule has 104 valence electrons. The monoisotopic (exact) mass is 262 g/mol. The molecule has 0 saturated carbocycles. The lowest BCUT2D eigenvalue weighted by atomic mass is 10.0. The summed E-state index contributed by atoms with van der Waals surface area (Å²) in [6, 6.07) is 9.43. The third-order valence-corrected chi connectivity index (χ3v) is 3.63. The lowest BCUT2D eigenvalue weighted by Gasteiger charge is -2.29. The predicted octanol–water partition coefficient (Wildman–Crippen LogP) is 1.32. The minimum Gasteiger partial charge on any atom is -0.378 e. The van der Waals surface area contributed by atoms with Gasteiger partial charge in [-0.05, 0) is 24.9 Å². The SMILES string of the molecule is CN(CC1CCCCN1)C(=O)C(O)c1ccccc1. The van der Waals surface area contributed by atoms with E-state index in [1.807, 2.05) is 18.2 Å². The highest BCUT2D eigenvalue weighted by Crippen LogP contribution is 2.16. The van der Waals surface area contributed by atoms with Crippen LogP contribution in [0.3, 0.4) is 0 Å². The summed E-state index contributed by atoms with van der Waals surface area (Å²) in [5.41, 5.74) is 0.649. The molecule has 0 aliphatic carbocycles. The molecule has 2 N–H and O–H groups in total. The van der Waals surface area contributed by atoms with Crippen LogP contribution in [0.15, 0.2) is 30.3 Å². The summed E-state index contributed by atoms with van der Waals surface area (Å²) in [6.45, 7) is 1.68. The van der Waals surface area contributed by atoms with Crippen molar-refractivity contribution in [2.24, 2.45) is 0 Å². The van der Waals surface area contributed by atoms with Crippen LogP contribution in [0, 0.1) is 0 Å². The van der Waals surface area contributed by atoms with Gasteiger partial charge in [0.1, 0.15) is 0 Å². The molecule has 2 rings (SSSR count). The van der Waals surface area contributed by atoms with Gasteiger partial charge >= 0.3 is 0 Å². The topological polar surface area (TPSA) is 52.6 Å². The van der Waals surface area contributed by atoms with Crippen LogP contribution in [0.5, 0.6) is 0 Å². The Morgan fingerprint density at radius 1 is 1.42 bits per heavy atom. The van der Waals surface area contributed by atoms with Crippen molar-refractivity contribution in [2.75, 3.05) is 20.1 Å². The molecule has 4 nitrogen and oxygen atoms in total. The zero-order valence-electron chi connectivity index (χ0n) is 11.4. The fraction of sp³-hybridized carbons (Fsp3) is 0.533. The number of hydrogen-bond donors (Lipinski definition) is 2. The van der Waals surface area contributed by atoms with Gasteiger partial charge in [-0.1, -0.05) is 36.8 Å². The lowest BCUT2D eigenvalue weighted by Crippen LogP contribution is -2.45. The fourth-order valence-electron chi connectivity index (χ4n) is 2.49. The first kappa shape index (κ1) is 14.0. The molecule has 1 aromatic carbocycles. The molecular weight excluding hydrogens is 240 g/mol. The molecule has 0 spiro atoms. The first-order valence-electron chi connectivity index (χ1n) is 6.90. The van der Waals surface area contributed by atoms with Crippen molar-refractivity contribution in [3.05, 3.63) is 35.9 Å². The van der Waals surface area contributed by atoms with Gasteiger partial charge in [0.2, 0.25) is 0 Å². The van der Waals surface area contributed by atoms with E-state index < -0.39 is 6.10 Å². The van der Waals surface area contributed by atoms with Gasteiger partial charge < -0.3 is 15.3 Å². The molecule has 1 fully saturated rings. The molecule has 1 heterocycles. The number of nitrogens with zero attached hydrogens (tertiary/aromatic N) is 1. The second kappa shape index (κ2) is 6.68. The van der Waals surface area contributed by atoms with Crippen LogP contribution in [-0.4, -0.2) is 42.1 Å². The normalized spacial score (nSPS) is 20.8. The molecule has 4 heteroatoms. The van der Waals surface area contributed by atoms with Crippen LogP contribution in [0.4, 0.5) is 0 Å². The van der Waals surface area contributed by atoms with Crippen molar-refractivity contribution in [1.29, 1.82) is 0 Å². The highest BCUT2D eigenvalue weighted by Gasteiger charge is 2.23. The van der Waals surface area contributed by atoms with Gasteiger partial charge in [-0.25, -0.2) is 0 Å². The maximum absolute atomic E-state index is 12.2. The zero-order valence-corrected chi connectivity index (χ0v) is 11.4. The van der Waals surface area contributed by atoms with E-state index in [2.05, 4.69) is 5.32 Å². The molecule has 19 heavy (non-hydrogen) atoms. The Balaban J connectivity index is 1.91. The predicted molar refractivity (Wildman–Crippen MR) is 74.7 cm³/mol. The van der Waals surface area contributed by atoms with E-state index in [-0.39, 0.29) is 5.91 Å². The molecule has 1 aliphatic heterocycles. The molecule has 1 aromatic rings. The van der Waals surface area contributed by atoms with Crippen LogP contribution in [0.2, 0.25) is 0 Å². The summed E-state index contributed by atoms with van der Waals surface area (Å²) >= 11 is 0. The van der Waals surface area contributed by atoms with Gasteiger partial charge in [-0.2, -0.15) is 0 Å². The highest BCUT2D eigenvalue weighted by molar-refractivity contribution is 5.81. The van der Waals surface area contributed by atoms with E-state index >= 15 is 0 Å². The average Bonchev–Trinajstić information content (AvgIpc) is 2.47. The first-order valence-corrected chi connectivity index (χ1v) is 6.90. The standard InChI is InChI=1S/C15H22N2O2/c1-17(11-13-9-5-6-10-16-13)15(19)14(18)12-7-3-2-4-8-12/h2-4,7-8,13-14,16,18H,5-6,9-11H2,1H3. The number of benzene rings is 1. The lowest BCUT2D eigenvalue weighted by molar-refractivity contribution is -0.139. The Kier molecular flexibility index (Phi) is 4.93. The van der Waals surface area contributed by atoms with E-state index in [1.165, 1.54) is 12.8 Å². The zero-order chi connectivity index (χ0) is 13.7. The quantitative estimate of drug-likeness (QED) is 0.860. The van der Waals surface area contributed by atoms with Crippen LogP contribution in [0.1, 0.15) is 30.9 Å². The number of amides is 1. The molecule has 0 bridgehead atoms. The summed E-state index contributed by atoms with van der Waals surface area (Å²) in [6.07, 6.45) is 2.45. The maximum Gasteiger partial charge on any atom is 0.255 e. The number of carbonyl (C=O) groups excluding carboxylic acids is 1. The van der Waals surface area contributed by atoms with Crippen LogP contribution < -0.4 is 5.32 Å². The van der Waals surface area contributed by atoms with E-state index in [0.717, 1.165) is 13.0 Å². The number of likely N-dealkylation sites (N-methyl/N-ethyl adjacent to an activating group) is 1.